The molecule has 0 saturated carbocycles. The Morgan fingerprint density at radius 2 is 1.83 bits per heavy atom. The fraction of sp³-hybridized carbons (Fsp3) is 0.533. The summed E-state index contributed by atoms with van der Waals surface area (Å²) in [6, 6.07) is 7.56. The van der Waals surface area contributed by atoms with Crippen molar-refractivity contribution < 1.29 is 13.2 Å². The Morgan fingerprint density at radius 3 is 2.39 bits per heavy atom. The lowest BCUT2D eigenvalue weighted by atomic mass is 10.2. The first-order valence-corrected chi connectivity index (χ1v) is 9.65. The molecule has 0 bridgehead atoms. The average Bonchev–Trinajstić information content (AvgIpc) is 2.49. The molecular weight excluding hydrogens is 338 g/mol. The normalized spacial score (nSPS) is 16.8. The highest BCUT2D eigenvalue weighted by atomic mass is 35.5. The summed E-state index contributed by atoms with van der Waals surface area (Å²) in [6.07, 6.45) is 1.20. The summed E-state index contributed by atoms with van der Waals surface area (Å²) < 4.78 is 24.4. The Bertz CT molecular complexity index is 658. The van der Waals surface area contributed by atoms with Crippen molar-refractivity contribution in [2.45, 2.75) is 6.54 Å². The van der Waals surface area contributed by atoms with Gasteiger partial charge in [0.2, 0.25) is 15.9 Å². The van der Waals surface area contributed by atoms with Gasteiger partial charge in [0.1, 0.15) is 0 Å². The van der Waals surface area contributed by atoms with Crippen LogP contribution in [0.3, 0.4) is 0 Å². The number of benzene rings is 1. The zero-order chi connectivity index (χ0) is 17.0. The Labute approximate surface area is 142 Å². The number of carbonyl (C=O) groups is 1. The topological polar surface area (TPSA) is 60.9 Å². The molecule has 1 fully saturated rings. The fourth-order valence-electron chi connectivity index (χ4n) is 2.57. The average molecular weight is 360 g/mol. The van der Waals surface area contributed by atoms with Gasteiger partial charge in [-0.15, -0.1) is 0 Å². The third kappa shape index (κ3) is 5.17. The Balaban J connectivity index is 1.84. The molecule has 1 aromatic rings. The molecule has 0 radical (unpaired) electrons. The highest BCUT2D eigenvalue weighted by Crippen LogP contribution is 2.16. The number of likely N-dealkylation sites (N-methyl/N-ethyl adjacent to an activating group) is 1. The van der Waals surface area contributed by atoms with Crippen molar-refractivity contribution in [1.82, 2.24) is 14.1 Å². The zero-order valence-electron chi connectivity index (χ0n) is 13.4. The summed E-state index contributed by atoms with van der Waals surface area (Å²) in [4.78, 5) is 15.9. The van der Waals surface area contributed by atoms with Gasteiger partial charge in [0.05, 0.1) is 12.8 Å². The van der Waals surface area contributed by atoms with E-state index in [-0.39, 0.29) is 12.5 Å². The van der Waals surface area contributed by atoms with Crippen molar-refractivity contribution in [2.75, 3.05) is 46.0 Å². The van der Waals surface area contributed by atoms with Crippen LogP contribution in [0.25, 0.3) is 0 Å². The molecule has 2 rings (SSSR count). The van der Waals surface area contributed by atoms with Crippen LogP contribution >= 0.6 is 11.6 Å². The number of nitrogens with zero attached hydrogens (tertiary/aromatic N) is 3. The highest BCUT2D eigenvalue weighted by molar-refractivity contribution is 7.88. The molecule has 1 aliphatic heterocycles. The van der Waals surface area contributed by atoms with E-state index in [1.165, 1.54) is 10.6 Å². The number of amides is 1. The molecule has 128 valence electrons. The second-order valence-corrected chi connectivity index (χ2v) is 8.20. The number of hydrogen-bond acceptors (Lipinski definition) is 4. The van der Waals surface area contributed by atoms with Crippen molar-refractivity contribution in [1.29, 1.82) is 0 Å². The fourth-order valence-corrected chi connectivity index (χ4v) is 3.60. The molecule has 1 aliphatic rings. The van der Waals surface area contributed by atoms with Gasteiger partial charge in [0, 0.05) is 37.7 Å². The van der Waals surface area contributed by atoms with Gasteiger partial charge >= 0.3 is 0 Å². The minimum absolute atomic E-state index is 0.00713. The summed E-state index contributed by atoms with van der Waals surface area (Å²) in [5.41, 5.74) is 0.978. The molecule has 0 unspecified atom stereocenters. The van der Waals surface area contributed by atoms with Crippen LogP contribution in [0.2, 0.25) is 5.02 Å². The molecule has 1 saturated heterocycles. The van der Waals surface area contributed by atoms with E-state index in [0.717, 1.165) is 5.56 Å². The van der Waals surface area contributed by atoms with E-state index < -0.39 is 10.0 Å². The van der Waals surface area contributed by atoms with Gasteiger partial charge in [-0.25, -0.2) is 8.42 Å². The molecule has 0 aliphatic carbocycles. The molecule has 1 aromatic carbocycles. The monoisotopic (exact) mass is 359 g/mol. The molecule has 0 aromatic heterocycles. The van der Waals surface area contributed by atoms with E-state index in [4.69, 9.17) is 11.6 Å². The number of sulfonamides is 1. The van der Waals surface area contributed by atoms with Crippen LogP contribution in [0.4, 0.5) is 0 Å². The van der Waals surface area contributed by atoms with Gasteiger partial charge in [-0.2, -0.15) is 4.31 Å². The summed E-state index contributed by atoms with van der Waals surface area (Å²) in [6.45, 7) is 2.47. The van der Waals surface area contributed by atoms with Crippen molar-refractivity contribution in [2.24, 2.45) is 0 Å². The summed E-state index contributed by atoms with van der Waals surface area (Å²) in [5, 5.41) is 0.688. The van der Waals surface area contributed by atoms with E-state index in [1.807, 2.05) is 36.2 Å². The molecule has 0 spiro atoms. The maximum absolute atomic E-state index is 12.3. The number of piperazine rings is 1. The highest BCUT2D eigenvalue weighted by Gasteiger charge is 2.26. The van der Waals surface area contributed by atoms with Crippen LogP contribution in [0, 0.1) is 0 Å². The third-order valence-corrected chi connectivity index (χ3v) is 5.54. The molecule has 0 N–H and O–H groups in total. The molecular formula is C15H22ClN3O3S. The summed E-state index contributed by atoms with van der Waals surface area (Å²) in [5.74, 6) is 0.00713. The molecule has 1 heterocycles. The summed E-state index contributed by atoms with van der Waals surface area (Å²) in [7, 11) is -1.30. The predicted molar refractivity (Wildman–Crippen MR) is 90.8 cm³/mol. The maximum Gasteiger partial charge on any atom is 0.236 e. The predicted octanol–water partition coefficient (Wildman–Crippen LogP) is 0.876. The van der Waals surface area contributed by atoms with E-state index in [1.54, 1.807) is 4.90 Å². The van der Waals surface area contributed by atoms with Gasteiger partial charge < -0.3 is 4.90 Å². The molecule has 23 heavy (non-hydrogen) atoms. The Morgan fingerprint density at radius 1 is 1.22 bits per heavy atom. The van der Waals surface area contributed by atoms with Crippen molar-refractivity contribution in [3.63, 3.8) is 0 Å². The van der Waals surface area contributed by atoms with E-state index >= 15 is 0 Å². The molecule has 8 heteroatoms. The quantitative estimate of drug-likeness (QED) is 0.783. The van der Waals surface area contributed by atoms with E-state index in [9.17, 15) is 13.2 Å². The maximum atomic E-state index is 12.3. The van der Waals surface area contributed by atoms with Gasteiger partial charge in [-0.3, -0.25) is 9.69 Å². The van der Waals surface area contributed by atoms with Gasteiger partial charge in [-0.1, -0.05) is 29.8 Å². The number of hydrogen-bond donors (Lipinski definition) is 0. The van der Waals surface area contributed by atoms with Crippen LogP contribution in [0.15, 0.2) is 24.3 Å². The molecule has 0 atom stereocenters. The first kappa shape index (κ1) is 18.2. The lowest BCUT2D eigenvalue weighted by Gasteiger charge is -2.34. The van der Waals surface area contributed by atoms with Crippen molar-refractivity contribution in [3.8, 4) is 0 Å². The van der Waals surface area contributed by atoms with E-state index in [0.29, 0.717) is 37.7 Å². The van der Waals surface area contributed by atoms with Gasteiger partial charge in [0.15, 0.2) is 0 Å². The zero-order valence-corrected chi connectivity index (χ0v) is 15.0. The molecule has 1 amide bonds. The minimum Gasteiger partial charge on any atom is -0.339 e. The van der Waals surface area contributed by atoms with Crippen LogP contribution in [0.5, 0.6) is 0 Å². The lowest BCUT2D eigenvalue weighted by molar-refractivity contribution is -0.133. The standard InChI is InChI=1S/C15H22ClN3O3S/c1-17(11-13-5-3-4-6-14(13)16)12-15(20)18-7-9-19(10-8-18)23(2,21)22/h3-6H,7-12H2,1-2H3. The van der Waals surface area contributed by atoms with E-state index in [2.05, 4.69) is 0 Å². The van der Waals surface area contributed by atoms with Crippen molar-refractivity contribution >= 4 is 27.5 Å². The second kappa shape index (κ2) is 7.61. The first-order valence-electron chi connectivity index (χ1n) is 7.42. The largest absolute Gasteiger partial charge is 0.339 e. The second-order valence-electron chi connectivity index (χ2n) is 5.81. The lowest BCUT2D eigenvalue weighted by Crippen LogP contribution is -2.52. The smallest absolute Gasteiger partial charge is 0.236 e. The van der Waals surface area contributed by atoms with Crippen LogP contribution in [-0.2, 0) is 21.4 Å². The number of rotatable bonds is 5. The van der Waals surface area contributed by atoms with Crippen molar-refractivity contribution in [3.05, 3.63) is 34.9 Å². The first-order chi connectivity index (χ1) is 10.8. The summed E-state index contributed by atoms with van der Waals surface area (Å²) >= 11 is 6.13. The van der Waals surface area contributed by atoms with Gasteiger partial charge in [-0.05, 0) is 18.7 Å². The van der Waals surface area contributed by atoms with Crippen LogP contribution in [0.1, 0.15) is 5.56 Å². The molecule has 6 nitrogen and oxygen atoms in total. The third-order valence-electron chi connectivity index (χ3n) is 3.86. The number of carbonyl (C=O) groups excluding carboxylic acids is 1. The van der Waals surface area contributed by atoms with Crippen LogP contribution in [-0.4, -0.2) is 74.5 Å². The Kier molecular flexibility index (Phi) is 6.02. The Hall–Kier alpha value is -1.15. The SMILES string of the molecule is CN(CC(=O)N1CCN(S(C)(=O)=O)CC1)Cc1ccccc1Cl. The van der Waals surface area contributed by atoms with Crippen LogP contribution < -0.4 is 0 Å². The van der Waals surface area contributed by atoms with Gasteiger partial charge in [0.25, 0.3) is 0 Å². The minimum atomic E-state index is -3.17. The number of halogens is 1.